The van der Waals surface area contributed by atoms with Crippen molar-refractivity contribution in [2.75, 3.05) is 44.7 Å². The predicted octanol–water partition coefficient (Wildman–Crippen LogP) is -0.597. The number of anilines is 1. The number of carbonyl (C=O) groups excluding carboxylic acids is 2. The lowest BCUT2D eigenvalue weighted by molar-refractivity contribution is -0.674. The molecule has 0 aromatic heterocycles. The minimum Gasteiger partial charge on any atom is -0.505 e. The van der Waals surface area contributed by atoms with Crippen LogP contribution in [0.25, 0.3) is 15.8 Å². The smallest absolute Gasteiger partial charge is 0.407 e. The number of allylic oxidation sites excluding steroid dienone is 1. The van der Waals surface area contributed by atoms with Crippen LogP contribution in [0.2, 0.25) is 0 Å². The van der Waals surface area contributed by atoms with E-state index in [1.165, 1.54) is 0 Å². The fraction of sp³-hybridized carbons (Fsp3) is 0.513. The average molecular weight is 785 g/mol. The van der Waals surface area contributed by atoms with Crippen molar-refractivity contribution in [2.45, 2.75) is 87.9 Å². The van der Waals surface area contributed by atoms with Crippen LogP contribution in [0.15, 0.2) is 53.1 Å². The van der Waals surface area contributed by atoms with Gasteiger partial charge in [-0.2, -0.15) is 0 Å². The monoisotopic (exact) mass is 784 g/mol. The van der Waals surface area contributed by atoms with Crippen LogP contribution in [-0.4, -0.2) is 108 Å². The molecule has 1 saturated heterocycles. The fourth-order valence-corrected chi connectivity index (χ4v) is 7.61. The molecule has 0 bridgehead atoms. The Kier molecular flexibility index (Phi) is 13.0. The van der Waals surface area contributed by atoms with Gasteiger partial charge in [0.1, 0.15) is 24.0 Å². The number of amides is 2. The molecule has 57 heavy (non-hydrogen) atoms. The third kappa shape index (κ3) is 9.07. The van der Waals surface area contributed by atoms with Gasteiger partial charge in [-0.3, -0.25) is 26.6 Å². The molecule has 1 aromatic rings. The average Bonchev–Trinajstić information content (AvgIpc) is 3.77. The Morgan fingerprint density at radius 2 is 1.84 bits per heavy atom. The first-order valence-electron chi connectivity index (χ1n) is 19.0. The maximum atomic E-state index is 12.4. The van der Waals surface area contributed by atoms with E-state index in [1.807, 2.05) is 43.5 Å². The second kappa shape index (κ2) is 17.7. The molecule has 18 nitrogen and oxygen atoms in total. The van der Waals surface area contributed by atoms with Crippen molar-refractivity contribution < 1.29 is 38.8 Å². The number of unbranched alkanes of at least 4 members (excludes halogenated alkanes) is 3. The number of rotatable bonds is 16. The maximum Gasteiger partial charge on any atom is 0.407 e. The summed E-state index contributed by atoms with van der Waals surface area (Å²) in [7, 11) is 1.97. The summed E-state index contributed by atoms with van der Waals surface area (Å²) >= 11 is 0. The molecule has 0 saturated carbocycles. The van der Waals surface area contributed by atoms with Crippen LogP contribution in [0.3, 0.4) is 0 Å². The van der Waals surface area contributed by atoms with Crippen LogP contribution in [-0.2, 0) is 14.3 Å². The van der Waals surface area contributed by atoms with Gasteiger partial charge in [0, 0.05) is 50.8 Å². The molecule has 0 aliphatic carbocycles. The van der Waals surface area contributed by atoms with Gasteiger partial charge in [0.15, 0.2) is 6.04 Å². The molecule has 18 heteroatoms. The Hall–Kier alpha value is -6.29. The lowest BCUT2D eigenvalue weighted by Gasteiger charge is -2.40. The van der Waals surface area contributed by atoms with Crippen molar-refractivity contribution >= 4 is 35.7 Å². The minimum atomic E-state index is -2.12. The number of hydrogen-bond acceptors (Lipinski definition) is 12. The van der Waals surface area contributed by atoms with Crippen molar-refractivity contribution in [3.05, 3.63) is 81.5 Å². The highest BCUT2D eigenvalue weighted by atomic mass is 16.5. The molecule has 5 rings (SSSR count). The summed E-state index contributed by atoms with van der Waals surface area (Å²) in [5, 5.41) is 42.6. The minimum absolute atomic E-state index is 0.00249. The number of guanidine groups is 2. The molecular weight excluding hydrogens is 733 g/mol. The highest BCUT2D eigenvalue weighted by Crippen LogP contribution is 2.42. The SMILES string of the molecule is [C-]#[N+]C1=C(/C=C/c2ccc(N(C)CCCC(=O)NCCCCCCNC(=O)OCC3NC(N)=[N+]4CCC(O)(O)[C@@]45NC(N)=[NH+][C@@H]35)cc2)C(C)(C)O/C1=C(\C#N)[N+]#[C-]. The molecule has 1 fully saturated rings. The second-order valence-electron chi connectivity index (χ2n) is 14.9. The third-order valence-electron chi connectivity index (χ3n) is 10.6. The normalized spacial score (nSPS) is 23.4. The molecule has 1 aromatic carbocycles. The van der Waals surface area contributed by atoms with Crippen LogP contribution in [0, 0.1) is 24.5 Å². The van der Waals surface area contributed by atoms with Gasteiger partial charge in [0.05, 0.1) is 25.8 Å². The summed E-state index contributed by atoms with van der Waals surface area (Å²) in [6.45, 7) is 20.3. The number of nitriles is 1. The Bertz CT molecular complexity index is 1980. The largest absolute Gasteiger partial charge is 0.505 e. The van der Waals surface area contributed by atoms with Gasteiger partial charge in [-0.15, -0.1) is 0 Å². The number of hydrogen-bond donors (Lipinski definition) is 9. The molecule has 1 unspecified atom stereocenters. The summed E-state index contributed by atoms with van der Waals surface area (Å²) in [5.74, 6) is -1.70. The summed E-state index contributed by atoms with van der Waals surface area (Å²) in [6, 6.07) is 8.47. The molecule has 4 aliphatic rings. The number of alkyl carbamates (subject to hydrolysis) is 1. The summed E-state index contributed by atoms with van der Waals surface area (Å²) in [6.07, 6.45) is 7.52. The quantitative estimate of drug-likeness (QED) is 0.0336. The van der Waals surface area contributed by atoms with E-state index < -0.39 is 35.2 Å². The lowest BCUT2D eigenvalue weighted by atomic mass is 9.87. The van der Waals surface area contributed by atoms with Crippen molar-refractivity contribution in [3.63, 3.8) is 0 Å². The van der Waals surface area contributed by atoms with Gasteiger partial charge < -0.3 is 35.2 Å². The van der Waals surface area contributed by atoms with E-state index in [1.54, 1.807) is 24.5 Å². The van der Waals surface area contributed by atoms with E-state index in [-0.39, 0.29) is 48.0 Å². The van der Waals surface area contributed by atoms with E-state index in [2.05, 4.69) is 40.8 Å². The van der Waals surface area contributed by atoms with Crippen molar-refractivity contribution in [1.82, 2.24) is 21.3 Å². The molecule has 0 radical (unpaired) electrons. The van der Waals surface area contributed by atoms with Crippen molar-refractivity contribution in [3.8, 4) is 6.07 Å². The van der Waals surface area contributed by atoms with Crippen LogP contribution in [0.5, 0.6) is 0 Å². The van der Waals surface area contributed by atoms with Crippen LogP contribution >= 0.6 is 0 Å². The molecular formula is C39H52N12O6+2. The standard InChI is InChI=1S/C39H50N12O6/c1-37(2)27(31(44-4)32(57-37)28(23-40)43-3)17-14-25-12-15-26(16-13-25)50(5)21-10-11-30(52)45-19-8-6-7-9-20-46-36(53)56-24-29-33-39(49-34(41)48-33)38(54,55)18-22-51(39)35(42)47-29/h12-17,29,33,54-55H,6-11,18-22,24H2,1-2,5H3,(H7,41,42,45,46,47,48,49,52,53)/p+2/b17-14+,32-28+/t29?,33-,39-/m0/s1. The first-order valence-corrected chi connectivity index (χ1v) is 19.0. The number of nitrogens with one attached hydrogen (secondary N) is 5. The molecule has 2 amide bonds. The number of nitrogens with zero attached hydrogens (tertiary/aromatic N) is 5. The Balaban J connectivity index is 0.928. The van der Waals surface area contributed by atoms with Gasteiger partial charge >= 0.3 is 18.0 Å². The summed E-state index contributed by atoms with van der Waals surface area (Å²) < 4.78 is 12.9. The molecule has 302 valence electrons. The third-order valence-corrected chi connectivity index (χ3v) is 10.6. The van der Waals surface area contributed by atoms with Gasteiger partial charge in [-0.25, -0.2) is 29.6 Å². The van der Waals surface area contributed by atoms with Crippen molar-refractivity contribution in [1.29, 1.82) is 5.26 Å². The van der Waals surface area contributed by atoms with E-state index in [4.69, 9.17) is 34.1 Å². The molecule has 11 N–H and O–H groups in total. The van der Waals surface area contributed by atoms with Crippen LogP contribution < -0.4 is 42.6 Å². The molecule has 3 atom stereocenters. The predicted molar refractivity (Wildman–Crippen MR) is 210 cm³/mol. The van der Waals surface area contributed by atoms with Gasteiger partial charge in [-0.05, 0) is 50.8 Å². The number of benzene rings is 1. The highest BCUT2D eigenvalue weighted by Gasteiger charge is 2.74. The van der Waals surface area contributed by atoms with Crippen molar-refractivity contribution in [2.24, 2.45) is 11.5 Å². The Labute approximate surface area is 332 Å². The molecule has 1 spiro atoms. The second-order valence-corrected chi connectivity index (χ2v) is 14.9. The summed E-state index contributed by atoms with van der Waals surface area (Å²) in [5.41, 5.74) is 12.3. The van der Waals surface area contributed by atoms with Crippen LogP contribution in [0.1, 0.15) is 64.4 Å². The topological polar surface area (TPSA) is 246 Å². The van der Waals surface area contributed by atoms with Gasteiger partial charge in [0.2, 0.25) is 17.4 Å². The van der Waals surface area contributed by atoms with E-state index >= 15 is 0 Å². The van der Waals surface area contributed by atoms with E-state index in [0.29, 0.717) is 44.6 Å². The Morgan fingerprint density at radius 1 is 1.14 bits per heavy atom. The number of ether oxygens (including phenoxy) is 2. The summed E-state index contributed by atoms with van der Waals surface area (Å²) in [4.78, 5) is 36.7. The number of carbonyl (C=O) groups is 2. The number of aliphatic hydroxyl groups is 2. The zero-order valence-electron chi connectivity index (χ0n) is 32.5. The van der Waals surface area contributed by atoms with Crippen LogP contribution in [0.4, 0.5) is 10.5 Å². The molecule has 4 aliphatic heterocycles. The zero-order chi connectivity index (χ0) is 41.4. The van der Waals surface area contributed by atoms with E-state index in [9.17, 15) is 25.1 Å². The lowest BCUT2D eigenvalue weighted by Crippen LogP contribution is -2.91. The maximum absolute atomic E-state index is 12.4. The first-order chi connectivity index (χ1) is 27.2. The van der Waals surface area contributed by atoms with Gasteiger partial charge in [-0.1, -0.05) is 37.1 Å². The Morgan fingerprint density at radius 3 is 2.51 bits per heavy atom. The van der Waals surface area contributed by atoms with Gasteiger partial charge in [0.25, 0.3) is 11.4 Å². The molecule has 4 heterocycles. The first kappa shape index (κ1) is 41.9. The fourth-order valence-electron chi connectivity index (χ4n) is 7.61. The van der Waals surface area contributed by atoms with E-state index in [0.717, 1.165) is 36.9 Å². The highest BCUT2D eigenvalue weighted by molar-refractivity contribution is 5.78. The zero-order valence-corrected chi connectivity index (χ0v) is 32.5. The number of nitrogens with two attached hydrogens (primary N) is 2.